The third kappa shape index (κ3) is 8.93. The molecule has 3 aromatic carbocycles. The lowest BCUT2D eigenvalue weighted by atomic mass is 9.98. The van der Waals surface area contributed by atoms with Crippen LogP contribution in [0.1, 0.15) is 51.4 Å². The first kappa shape index (κ1) is 40.9. The van der Waals surface area contributed by atoms with Crippen LogP contribution in [0.3, 0.4) is 0 Å². The number of nitrogens with one attached hydrogen (secondary N) is 4. The van der Waals surface area contributed by atoms with E-state index in [9.17, 15) is 24.3 Å². The summed E-state index contributed by atoms with van der Waals surface area (Å²) >= 11 is 0. The van der Waals surface area contributed by atoms with Crippen molar-refractivity contribution in [1.29, 1.82) is 0 Å². The van der Waals surface area contributed by atoms with Gasteiger partial charge in [0.1, 0.15) is 35.8 Å². The van der Waals surface area contributed by atoms with Crippen LogP contribution in [0.15, 0.2) is 73.1 Å². The Hall–Kier alpha value is -6.26. The molecular formula is C43H50N8O8. The molecule has 4 heterocycles. The predicted molar refractivity (Wildman–Crippen MR) is 219 cm³/mol. The number of carboxylic acid groups (broad SMARTS) is 1. The van der Waals surface area contributed by atoms with Crippen LogP contribution in [-0.4, -0.2) is 118 Å². The molecule has 16 nitrogen and oxygen atoms in total. The predicted octanol–water partition coefficient (Wildman–Crippen LogP) is 5.76. The van der Waals surface area contributed by atoms with Crippen molar-refractivity contribution in [3.63, 3.8) is 0 Å². The van der Waals surface area contributed by atoms with Crippen LogP contribution in [0.4, 0.5) is 9.59 Å². The van der Waals surface area contributed by atoms with Gasteiger partial charge in [-0.05, 0) is 45.9 Å². The zero-order valence-corrected chi connectivity index (χ0v) is 33.7. The number of aromatic amines is 2. The number of imidazole rings is 2. The van der Waals surface area contributed by atoms with Gasteiger partial charge in [0.2, 0.25) is 11.8 Å². The molecule has 4 atom stereocenters. The Morgan fingerprint density at radius 2 is 1.15 bits per heavy atom. The summed E-state index contributed by atoms with van der Waals surface area (Å²) in [4.78, 5) is 70.2. The third-order valence-corrected chi connectivity index (χ3v) is 10.9. The van der Waals surface area contributed by atoms with Crippen molar-refractivity contribution in [3.05, 3.63) is 84.7 Å². The first-order valence-electron chi connectivity index (χ1n) is 19.8. The first-order valence-corrected chi connectivity index (χ1v) is 19.8. The van der Waals surface area contributed by atoms with E-state index in [0.29, 0.717) is 43.6 Å². The summed E-state index contributed by atoms with van der Waals surface area (Å²) in [5.41, 5.74) is 5.35. The van der Waals surface area contributed by atoms with Gasteiger partial charge in [0.15, 0.2) is 0 Å². The average molecular weight is 807 g/mol. The number of morpholine rings is 2. The molecule has 0 saturated carbocycles. The van der Waals surface area contributed by atoms with E-state index in [1.807, 2.05) is 64.2 Å². The van der Waals surface area contributed by atoms with Crippen LogP contribution in [0.2, 0.25) is 0 Å². The van der Waals surface area contributed by atoms with Crippen LogP contribution in [0.5, 0.6) is 0 Å². The second-order valence-electron chi connectivity index (χ2n) is 15.5. The van der Waals surface area contributed by atoms with Gasteiger partial charge in [0.05, 0.1) is 44.9 Å². The number of fused-ring (bicyclic) bond motifs is 1. The molecule has 310 valence electrons. The summed E-state index contributed by atoms with van der Waals surface area (Å²) in [6.07, 6.45) is 1.74. The van der Waals surface area contributed by atoms with Gasteiger partial charge in [-0.25, -0.2) is 19.6 Å². The van der Waals surface area contributed by atoms with Crippen LogP contribution < -0.4 is 10.6 Å². The largest absolute Gasteiger partial charge is 0.465 e. The SMILES string of the molecule is COC(=O)NC(C(=O)N1CCOC[C@H]1c1nc(-c2ccc3cc(-c4ccc(-c5c[nH]c([C@@H]6COCCN6C(=O)C(NC(=O)O)C(C)C)n5)cc4)ccc3c2)c[nH]1)C(C)C. The normalized spacial score (nSPS) is 18.2. The van der Waals surface area contributed by atoms with E-state index in [1.54, 1.807) is 16.0 Å². The zero-order chi connectivity index (χ0) is 41.8. The maximum absolute atomic E-state index is 13.7. The first-order chi connectivity index (χ1) is 28.4. The number of methoxy groups -OCH3 is 1. The summed E-state index contributed by atoms with van der Waals surface area (Å²) in [7, 11) is 1.27. The lowest BCUT2D eigenvalue weighted by molar-refractivity contribution is -0.144. The van der Waals surface area contributed by atoms with Crippen molar-refractivity contribution >= 4 is 34.8 Å². The lowest BCUT2D eigenvalue weighted by Crippen LogP contribution is -2.54. The molecule has 59 heavy (non-hydrogen) atoms. The highest BCUT2D eigenvalue weighted by Gasteiger charge is 2.38. The second-order valence-corrected chi connectivity index (χ2v) is 15.5. The molecule has 5 aromatic rings. The molecule has 0 aliphatic carbocycles. The summed E-state index contributed by atoms with van der Waals surface area (Å²) < 4.78 is 16.2. The minimum absolute atomic E-state index is 0.156. The number of nitrogens with zero attached hydrogens (tertiary/aromatic N) is 4. The Morgan fingerprint density at radius 3 is 1.66 bits per heavy atom. The Labute approximate surface area is 341 Å². The molecule has 16 heteroatoms. The highest BCUT2D eigenvalue weighted by molar-refractivity contribution is 5.91. The molecule has 2 saturated heterocycles. The molecule has 0 bridgehead atoms. The number of benzene rings is 3. The smallest absolute Gasteiger partial charge is 0.407 e. The molecule has 2 fully saturated rings. The van der Waals surface area contributed by atoms with Crippen LogP contribution in [0.25, 0.3) is 44.4 Å². The molecule has 0 radical (unpaired) electrons. The number of rotatable bonds is 11. The Bertz CT molecular complexity index is 2300. The maximum atomic E-state index is 13.7. The number of H-pyrrole nitrogens is 2. The molecule has 0 spiro atoms. The number of hydrogen-bond donors (Lipinski definition) is 5. The number of carbonyl (C=O) groups is 4. The number of ether oxygens (including phenoxy) is 3. The van der Waals surface area contributed by atoms with Crippen molar-refractivity contribution < 1.29 is 38.5 Å². The van der Waals surface area contributed by atoms with Crippen molar-refractivity contribution in [2.45, 2.75) is 51.9 Å². The van der Waals surface area contributed by atoms with Gasteiger partial charge in [-0.2, -0.15) is 0 Å². The monoisotopic (exact) mass is 806 g/mol. The summed E-state index contributed by atoms with van der Waals surface area (Å²) in [5.74, 6) is 0.257. The quantitative estimate of drug-likeness (QED) is 0.109. The minimum Gasteiger partial charge on any atom is -0.465 e. The van der Waals surface area contributed by atoms with E-state index in [4.69, 9.17) is 24.2 Å². The number of hydrogen-bond acceptors (Lipinski definition) is 9. The Balaban J connectivity index is 1.04. The highest BCUT2D eigenvalue weighted by atomic mass is 16.5. The molecule has 7 rings (SSSR count). The van der Waals surface area contributed by atoms with E-state index >= 15 is 0 Å². The van der Waals surface area contributed by atoms with Crippen molar-refractivity contribution in [3.8, 4) is 33.6 Å². The molecule has 5 N–H and O–H groups in total. The lowest BCUT2D eigenvalue weighted by Gasteiger charge is -2.37. The molecule has 2 aliphatic heterocycles. The van der Waals surface area contributed by atoms with Crippen LogP contribution >= 0.6 is 0 Å². The fourth-order valence-corrected chi connectivity index (χ4v) is 7.62. The van der Waals surface area contributed by atoms with E-state index in [0.717, 1.165) is 38.7 Å². The number of aromatic nitrogens is 4. The van der Waals surface area contributed by atoms with Gasteiger partial charge in [0, 0.05) is 36.6 Å². The fraction of sp³-hybridized carbons (Fsp3) is 0.395. The van der Waals surface area contributed by atoms with Crippen molar-refractivity contribution in [2.75, 3.05) is 46.6 Å². The summed E-state index contributed by atoms with van der Waals surface area (Å²) in [6.45, 7) is 9.32. The second kappa shape index (κ2) is 17.7. The van der Waals surface area contributed by atoms with Gasteiger partial charge >= 0.3 is 12.2 Å². The van der Waals surface area contributed by atoms with Gasteiger partial charge in [-0.15, -0.1) is 0 Å². The number of alkyl carbamates (subject to hydrolysis) is 1. The van der Waals surface area contributed by atoms with E-state index in [2.05, 4.69) is 50.9 Å². The molecule has 2 aromatic heterocycles. The van der Waals surface area contributed by atoms with Crippen molar-refractivity contribution in [1.82, 2.24) is 40.4 Å². The fourth-order valence-electron chi connectivity index (χ4n) is 7.62. The molecule has 4 amide bonds. The Morgan fingerprint density at radius 1 is 0.695 bits per heavy atom. The van der Waals surface area contributed by atoms with E-state index < -0.39 is 36.4 Å². The maximum Gasteiger partial charge on any atom is 0.407 e. The minimum atomic E-state index is -1.24. The third-order valence-electron chi connectivity index (χ3n) is 10.9. The Kier molecular flexibility index (Phi) is 12.3. The number of carbonyl (C=O) groups excluding carboxylic acids is 3. The van der Waals surface area contributed by atoms with Gasteiger partial charge in [-0.3, -0.25) is 9.59 Å². The topological polar surface area (TPSA) is 204 Å². The standard InChI is InChI=1S/C43H50N8O8/c1-24(2)36(48-42(54)55)40(52)50-14-16-58-22-34(50)38-44-20-32(46-38)27-8-6-26(7-9-27)28-10-11-30-19-31(13-12-29(30)18-28)33-21-45-39(47-33)35-23-59-17-15-51(35)41(53)37(25(3)4)49-43(56)57-5/h6-13,18-21,24-25,34-37,48H,14-17,22-23H2,1-5H3,(H,44,46)(H,45,47)(H,49,56)(H,54,55)/t34-,35-,36?,37?/m0/s1. The van der Waals surface area contributed by atoms with Gasteiger partial charge < -0.3 is 49.7 Å². The summed E-state index contributed by atoms with van der Waals surface area (Å²) in [6, 6.07) is 18.0. The summed E-state index contributed by atoms with van der Waals surface area (Å²) in [5, 5.41) is 16.5. The van der Waals surface area contributed by atoms with Crippen LogP contribution in [0, 0.1) is 11.8 Å². The highest BCUT2D eigenvalue weighted by Crippen LogP contribution is 2.32. The zero-order valence-electron chi connectivity index (χ0n) is 33.7. The molecule has 2 unspecified atom stereocenters. The molecule has 2 aliphatic rings. The average Bonchev–Trinajstić information content (AvgIpc) is 3.95. The van der Waals surface area contributed by atoms with Crippen LogP contribution in [-0.2, 0) is 23.8 Å². The van der Waals surface area contributed by atoms with Gasteiger partial charge in [-0.1, -0.05) is 76.2 Å². The van der Waals surface area contributed by atoms with E-state index in [1.165, 1.54) is 7.11 Å². The van der Waals surface area contributed by atoms with Crippen molar-refractivity contribution in [2.24, 2.45) is 11.8 Å². The van der Waals surface area contributed by atoms with E-state index in [-0.39, 0.29) is 36.9 Å². The number of amides is 4. The molecular weight excluding hydrogens is 757 g/mol. The van der Waals surface area contributed by atoms with Gasteiger partial charge in [0.25, 0.3) is 0 Å².